The molecule has 0 amide bonds. The van der Waals surface area contributed by atoms with Crippen LogP contribution in [0, 0.1) is 5.92 Å². The minimum Gasteiger partial charge on any atom is -0.383 e. The van der Waals surface area contributed by atoms with Crippen molar-refractivity contribution in [2.75, 3.05) is 33.9 Å². The third-order valence-corrected chi connectivity index (χ3v) is 3.16. The topological polar surface area (TPSA) is 54.9 Å². The van der Waals surface area contributed by atoms with E-state index in [-0.39, 0.29) is 6.04 Å². The Morgan fingerprint density at radius 1 is 1.18 bits per heavy atom. The van der Waals surface area contributed by atoms with Crippen LogP contribution in [0.1, 0.15) is 19.4 Å². The van der Waals surface area contributed by atoms with Gasteiger partial charge in [0.05, 0.1) is 19.8 Å². The van der Waals surface area contributed by atoms with Crippen LogP contribution in [0.4, 0.5) is 0 Å². The molecule has 1 aromatic carbocycles. The van der Waals surface area contributed by atoms with Gasteiger partial charge in [-0.15, -0.1) is 0 Å². The molecule has 124 valence electrons. The Morgan fingerprint density at radius 3 is 2.55 bits per heavy atom. The molecule has 0 heterocycles. The maximum absolute atomic E-state index is 5.75. The van der Waals surface area contributed by atoms with E-state index in [4.69, 9.17) is 9.47 Å². The molecule has 2 unspecified atom stereocenters. The van der Waals surface area contributed by atoms with E-state index in [1.165, 1.54) is 5.56 Å². The van der Waals surface area contributed by atoms with Crippen molar-refractivity contribution >= 4 is 5.96 Å². The zero-order valence-corrected chi connectivity index (χ0v) is 14.1. The van der Waals surface area contributed by atoms with Gasteiger partial charge in [0.15, 0.2) is 5.96 Å². The molecule has 1 rings (SSSR count). The van der Waals surface area contributed by atoms with Crippen molar-refractivity contribution in [2.45, 2.75) is 26.5 Å². The molecule has 0 saturated carbocycles. The lowest BCUT2D eigenvalue weighted by Gasteiger charge is -2.19. The van der Waals surface area contributed by atoms with Gasteiger partial charge in [-0.3, -0.25) is 4.99 Å². The summed E-state index contributed by atoms with van der Waals surface area (Å²) in [5.41, 5.74) is 1.20. The highest BCUT2D eigenvalue weighted by molar-refractivity contribution is 5.79. The van der Waals surface area contributed by atoms with Crippen LogP contribution in [0.2, 0.25) is 0 Å². The number of nitrogens with one attached hydrogen (secondary N) is 2. The molecule has 0 aliphatic carbocycles. The second-order valence-electron chi connectivity index (χ2n) is 5.56. The Balaban J connectivity index is 2.19. The highest BCUT2D eigenvalue weighted by Crippen LogP contribution is 2.02. The van der Waals surface area contributed by atoms with Crippen LogP contribution in [0.15, 0.2) is 35.3 Å². The van der Waals surface area contributed by atoms with Crippen LogP contribution in [-0.2, 0) is 16.1 Å². The van der Waals surface area contributed by atoms with Crippen molar-refractivity contribution in [3.8, 4) is 0 Å². The minimum atomic E-state index is 0.223. The summed E-state index contributed by atoms with van der Waals surface area (Å²) >= 11 is 0. The molecule has 0 saturated heterocycles. The van der Waals surface area contributed by atoms with Gasteiger partial charge in [-0.25, -0.2) is 0 Å². The van der Waals surface area contributed by atoms with Gasteiger partial charge in [-0.05, 0) is 18.4 Å². The van der Waals surface area contributed by atoms with E-state index in [1.807, 2.05) is 18.2 Å². The first-order valence-electron chi connectivity index (χ1n) is 7.73. The van der Waals surface area contributed by atoms with Crippen molar-refractivity contribution in [3.05, 3.63) is 35.9 Å². The molecule has 0 aromatic heterocycles. The Bertz CT molecular complexity index is 423. The molecule has 0 fully saturated rings. The summed E-state index contributed by atoms with van der Waals surface area (Å²) in [7, 11) is 3.46. The number of ether oxygens (including phenoxy) is 2. The van der Waals surface area contributed by atoms with Gasteiger partial charge >= 0.3 is 0 Å². The van der Waals surface area contributed by atoms with Crippen molar-refractivity contribution < 1.29 is 9.47 Å². The van der Waals surface area contributed by atoms with E-state index >= 15 is 0 Å². The number of aliphatic imine (C=N–C) groups is 1. The molecule has 0 bridgehead atoms. The first-order chi connectivity index (χ1) is 10.7. The summed E-state index contributed by atoms with van der Waals surface area (Å²) in [6, 6.07) is 10.4. The number of guanidine groups is 1. The van der Waals surface area contributed by atoms with E-state index in [9.17, 15) is 0 Å². The van der Waals surface area contributed by atoms with Gasteiger partial charge in [-0.1, -0.05) is 37.3 Å². The number of rotatable bonds is 9. The smallest absolute Gasteiger partial charge is 0.191 e. The van der Waals surface area contributed by atoms with E-state index in [2.05, 4.69) is 41.6 Å². The maximum Gasteiger partial charge on any atom is 0.191 e. The maximum atomic E-state index is 5.75. The van der Waals surface area contributed by atoms with Crippen LogP contribution in [-0.4, -0.2) is 45.9 Å². The fourth-order valence-electron chi connectivity index (χ4n) is 2.00. The van der Waals surface area contributed by atoms with Crippen molar-refractivity contribution in [3.63, 3.8) is 0 Å². The molecule has 1 aromatic rings. The summed E-state index contributed by atoms with van der Waals surface area (Å²) < 4.78 is 10.9. The predicted octanol–water partition coefficient (Wildman–Crippen LogP) is 2.04. The van der Waals surface area contributed by atoms with E-state index < -0.39 is 0 Å². The summed E-state index contributed by atoms with van der Waals surface area (Å²) in [6.45, 7) is 7.05. The Morgan fingerprint density at radius 2 is 1.91 bits per heavy atom. The number of nitrogens with zero attached hydrogens (tertiary/aromatic N) is 1. The highest BCUT2D eigenvalue weighted by Gasteiger charge is 2.07. The standard InChI is InChI=1S/C17H29N3O2/c1-14(11-22-13-16-8-6-5-7-9-16)10-19-17(18-3)20-15(2)12-21-4/h5-9,14-15H,10-13H2,1-4H3,(H2,18,19,20). The number of hydrogen-bond acceptors (Lipinski definition) is 3. The van der Waals surface area contributed by atoms with E-state index in [0.29, 0.717) is 25.7 Å². The zero-order valence-electron chi connectivity index (χ0n) is 14.1. The molecular formula is C17H29N3O2. The van der Waals surface area contributed by atoms with E-state index in [1.54, 1.807) is 14.2 Å². The molecule has 0 spiro atoms. The zero-order chi connectivity index (χ0) is 16.2. The van der Waals surface area contributed by atoms with Gasteiger partial charge in [0, 0.05) is 26.7 Å². The van der Waals surface area contributed by atoms with Crippen LogP contribution in [0.5, 0.6) is 0 Å². The monoisotopic (exact) mass is 307 g/mol. The van der Waals surface area contributed by atoms with Crippen LogP contribution in [0.25, 0.3) is 0 Å². The number of benzene rings is 1. The normalized spacial score (nSPS) is 14.5. The molecule has 2 atom stereocenters. The van der Waals surface area contributed by atoms with Crippen LogP contribution in [0.3, 0.4) is 0 Å². The summed E-state index contributed by atoms with van der Waals surface area (Å²) in [5.74, 6) is 1.19. The summed E-state index contributed by atoms with van der Waals surface area (Å²) in [6.07, 6.45) is 0. The molecule has 5 heteroatoms. The van der Waals surface area contributed by atoms with Gasteiger partial charge in [0.25, 0.3) is 0 Å². The first-order valence-corrected chi connectivity index (χ1v) is 7.73. The second kappa shape index (κ2) is 11.0. The van der Waals surface area contributed by atoms with Crippen molar-refractivity contribution in [1.29, 1.82) is 0 Å². The quantitative estimate of drug-likeness (QED) is 0.541. The summed E-state index contributed by atoms with van der Waals surface area (Å²) in [5, 5.41) is 6.59. The highest BCUT2D eigenvalue weighted by atomic mass is 16.5. The van der Waals surface area contributed by atoms with E-state index in [0.717, 1.165) is 12.5 Å². The first kappa shape index (κ1) is 18.5. The fourth-order valence-corrected chi connectivity index (χ4v) is 2.00. The molecule has 2 N–H and O–H groups in total. The minimum absolute atomic E-state index is 0.223. The van der Waals surface area contributed by atoms with Crippen molar-refractivity contribution in [1.82, 2.24) is 10.6 Å². The number of methoxy groups -OCH3 is 1. The lowest BCUT2D eigenvalue weighted by atomic mass is 10.2. The third-order valence-electron chi connectivity index (χ3n) is 3.16. The van der Waals surface area contributed by atoms with Crippen LogP contribution < -0.4 is 10.6 Å². The largest absolute Gasteiger partial charge is 0.383 e. The van der Waals surface area contributed by atoms with Crippen LogP contribution >= 0.6 is 0 Å². The van der Waals surface area contributed by atoms with Crippen molar-refractivity contribution in [2.24, 2.45) is 10.9 Å². The van der Waals surface area contributed by atoms with Gasteiger partial charge in [0.2, 0.25) is 0 Å². The Hall–Kier alpha value is -1.59. The number of hydrogen-bond donors (Lipinski definition) is 2. The van der Waals surface area contributed by atoms with Gasteiger partial charge < -0.3 is 20.1 Å². The fraction of sp³-hybridized carbons (Fsp3) is 0.588. The lowest BCUT2D eigenvalue weighted by molar-refractivity contribution is 0.0930. The Kier molecular flexibility index (Phi) is 9.26. The molecule has 0 radical (unpaired) electrons. The average Bonchev–Trinajstić information content (AvgIpc) is 2.52. The predicted molar refractivity (Wildman–Crippen MR) is 91.1 cm³/mol. The molecule has 22 heavy (non-hydrogen) atoms. The Labute approximate surface area is 134 Å². The molecule has 0 aliphatic heterocycles. The van der Waals surface area contributed by atoms with Gasteiger partial charge in [-0.2, -0.15) is 0 Å². The molecule has 0 aliphatic rings. The third kappa shape index (κ3) is 8.00. The molecular weight excluding hydrogens is 278 g/mol. The summed E-state index contributed by atoms with van der Waals surface area (Å²) in [4.78, 5) is 4.21. The molecule has 5 nitrogen and oxygen atoms in total. The SMILES string of the molecule is CN=C(NCC(C)COCc1ccccc1)NC(C)COC. The van der Waals surface area contributed by atoms with Gasteiger partial charge in [0.1, 0.15) is 0 Å². The lowest BCUT2D eigenvalue weighted by Crippen LogP contribution is -2.45. The second-order valence-corrected chi connectivity index (χ2v) is 5.56. The average molecular weight is 307 g/mol.